The van der Waals surface area contributed by atoms with Gasteiger partial charge in [-0.2, -0.15) is 0 Å². The Morgan fingerprint density at radius 1 is 0.717 bits per heavy atom. The Kier molecular flexibility index (Phi) is 12.5. The molecule has 0 radical (unpaired) electrons. The van der Waals surface area contributed by atoms with E-state index in [0.717, 1.165) is 5.56 Å². The normalized spacial score (nSPS) is 13.9. The first-order valence-corrected chi connectivity index (χ1v) is 21.1. The molecule has 15 heteroatoms. The van der Waals surface area contributed by atoms with Crippen molar-refractivity contribution in [2.24, 2.45) is 0 Å². The van der Waals surface area contributed by atoms with Gasteiger partial charge in [0.25, 0.3) is 11.8 Å². The van der Waals surface area contributed by atoms with Gasteiger partial charge in [0.1, 0.15) is 24.7 Å². The smallest absolute Gasteiger partial charge is 0.258 e. The molecule has 2 heterocycles. The Bertz CT molecular complexity index is 1990. The Balaban J connectivity index is 0.000000211. The van der Waals surface area contributed by atoms with Gasteiger partial charge in [-0.05, 0) is 77.8 Å². The Labute approximate surface area is 329 Å². The zero-order chi connectivity index (χ0) is 38.8. The van der Waals surface area contributed by atoms with E-state index in [1.165, 1.54) is 29.2 Å². The molecule has 4 aromatic carbocycles. The fourth-order valence-electron chi connectivity index (χ4n) is 5.31. The van der Waals surface area contributed by atoms with Crippen molar-refractivity contribution >= 4 is 77.9 Å². The minimum absolute atomic E-state index is 0.0124. The van der Waals surface area contributed by atoms with Crippen molar-refractivity contribution in [1.82, 2.24) is 0 Å². The summed E-state index contributed by atoms with van der Waals surface area (Å²) in [4.78, 5) is 29.2. The lowest BCUT2D eigenvalue weighted by molar-refractivity contribution is 0.0969. The number of ether oxygens (including phenoxy) is 2. The molecule has 3 N–H and O–H groups in total. The van der Waals surface area contributed by atoms with Crippen LogP contribution < -0.4 is 19.3 Å². The van der Waals surface area contributed by atoms with Gasteiger partial charge in [0, 0.05) is 11.1 Å². The molecular weight excluding hydrogens is 782 g/mol. The number of halogens is 4. The molecule has 10 nitrogen and oxygen atoms in total. The number of hydrogen-bond donors (Lipinski definition) is 3. The number of anilines is 2. The van der Waals surface area contributed by atoms with Crippen molar-refractivity contribution in [1.29, 1.82) is 0 Å². The summed E-state index contributed by atoms with van der Waals surface area (Å²) >= 11 is 23.8. The zero-order valence-corrected chi connectivity index (χ0v) is 33.8. The molecule has 0 aliphatic carbocycles. The number of fused-ring (bicyclic) bond motifs is 2. The van der Waals surface area contributed by atoms with Crippen LogP contribution in [0.4, 0.5) is 11.4 Å². The van der Waals surface area contributed by atoms with Crippen molar-refractivity contribution in [3.05, 3.63) is 103 Å². The third-order valence-electron chi connectivity index (χ3n) is 9.38. The lowest BCUT2D eigenvalue weighted by Crippen LogP contribution is -2.40. The number of carbonyl (C=O) groups excluding carboxylic acids is 2. The maximum atomic E-state index is 13.2. The topological polar surface area (TPSA) is 129 Å². The molecule has 0 unspecified atom stereocenters. The molecule has 53 heavy (non-hydrogen) atoms. The highest BCUT2D eigenvalue weighted by molar-refractivity contribution is 6.74. The van der Waals surface area contributed by atoms with Crippen LogP contribution in [0, 0.1) is 0 Å². The van der Waals surface area contributed by atoms with E-state index in [2.05, 4.69) is 33.9 Å². The van der Waals surface area contributed by atoms with Gasteiger partial charge in [0.2, 0.25) is 0 Å². The first kappa shape index (κ1) is 40.5. The highest BCUT2D eigenvalue weighted by atomic mass is 35.5. The molecule has 4 aromatic rings. The lowest BCUT2D eigenvalue weighted by Gasteiger charge is -2.36. The number of nitrogens with zero attached hydrogens (tertiary/aromatic N) is 2. The highest BCUT2D eigenvalue weighted by Gasteiger charge is 2.37. The first-order chi connectivity index (χ1) is 24.9. The second kappa shape index (κ2) is 16.4. The number of aromatic hydroxyl groups is 2. The van der Waals surface area contributed by atoms with Gasteiger partial charge in [0.15, 0.2) is 19.8 Å². The average Bonchev–Trinajstić information content (AvgIpc) is 3.13. The highest BCUT2D eigenvalue weighted by Crippen LogP contribution is 2.40. The van der Waals surface area contributed by atoms with Crippen LogP contribution in [0.5, 0.6) is 23.0 Å². The van der Waals surface area contributed by atoms with Gasteiger partial charge in [-0.3, -0.25) is 9.59 Å². The SMILES string of the molecule is CC(C)(C)[Si](C)(C)OCc1ccc2c(c1)N(C(=O)c1cc(Cl)c(O)c(Cl)c1)CCO2.O=C(c1cc(Cl)c(O)c(Cl)c1)N1CCOc2ccc(CO)cc21. The first-order valence-electron chi connectivity index (χ1n) is 16.7. The van der Waals surface area contributed by atoms with Crippen LogP contribution in [0.15, 0.2) is 60.7 Å². The van der Waals surface area contributed by atoms with E-state index in [1.807, 2.05) is 18.2 Å². The van der Waals surface area contributed by atoms with Crippen LogP contribution in [0.2, 0.25) is 38.2 Å². The van der Waals surface area contributed by atoms with E-state index in [-0.39, 0.29) is 60.6 Å². The number of phenols is 2. The fraction of sp³-hybridized carbons (Fsp3) is 0.316. The predicted molar refractivity (Wildman–Crippen MR) is 211 cm³/mol. The van der Waals surface area contributed by atoms with Crippen LogP contribution in [0.25, 0.3) is 0 Å². The number of aliphatic hydroxyl groups excluding tert-OH is 1. The molecule has 0 spiro atoms. The van der Waals surface area contributed by atoms with Crippen molar-refractivity contribution in [2.75, 3.05) is 36.1 Å². The van der Waals surface area contributed by atoms with Crippen molar-refractivity contribution in [3.63, 3.8) is 0 Å². The molecule has 0 saturated carbocycles. The summed E-state index contributed by atoms with van der Waals surface area (Å²) in [6.07, 6.45) is 0. The Hall–Kier alpha value is -3.68. The number of amides is 2. The molecule has 6 rings (SSSR count). The number of carbonyl (C=O) groups is 2. The van der Waals surface area contributed by atoms with Gasteiger partial charge >= 0.3 is 0 Å². The molecule has 2 aliphatic rings. The number of rotatable bonds is 6. The average molecular weight is 823 g/mol. The van der Waals surface area contributed by atoms with Crippen molar-refractivity contribution in [2.45, 2.75) is 52.1 Å². The summed E-state index contributed by atoms with van der Waals surface area (Å²) in [7, 11) is -1.90. The summed E-state index contributed by atoms with van der Waals surface area (Å²) in [5, 5.41) is 28.9. The van der Waals surface area contributed by atoms with E-state index >= 15 is 0 Å². The van der Waals surface area contributed by atoms with Crippen LogP contribution in [-0.4, -0.2) is 61.8 Å². The third kappa shape index (κ3) is 9.00. The van der Waals surface area contributed by atoms with Crippen molar-refractivity contribution < 1.29 is 38.8 Å². The predicted octanol–water partition coefficient (Wildman–Crippen LogP) is 9.49. The molecule has 0 saturated heterocycles. The van der Waals surface area contributed by atoms with Gasteiger partial charge in [-0.1, -0.05) is 79.3 Å². The van der Waals surface area contributed by atoms with Gasteiger partial charge < -0.3 is 39.0 Å². The van der Waals surface area contributed by atoms with E-state index < -0.39 is 8.32 Å². The summed E-state index contributed by atoms with van der Waals surface area (Å²) in [5.74, 6) is 0.149. The molecule has 2 amide bonds. The maximum absolute atomic E-state index is 13.2. The van der Waals surface area contributed by atoms with E-state index in [1.54, 1.807) is 23.1 Å². The molecule has 282 valence electrons. The van der Waals surface area contributed by atoms with Gasteiger partial charge in [-0.15, -0.1) is 0 Å². The van der Waals surface area contributed by atoms with Crippen LogP contribution >= 0.6 is 46.4 Å². The number of phenolic OH excluding ortho intramolecular Hbond substituents is 2. The fourth-order valence-corrected chi connectivity index (χ4v) is 7.24. The molecule has 0 aromatic heterocycles. The summed E-state index contributed by atoms with van der Waals surface area (Å²) in [6, 6.07) is 16.5. The number of benzene rings is 4. The second-order valence-corrected chi connectivity index (χ2v) is 20.4. The monoisotopic (exact) mass is 820 g/mol. The van der Waals surface area contributed by atoms with E-state index in [9.17, 15) is 24.9 Å². The lowest BCUT2D eigenvalue weighted by atomic mass is 10.1. The van der Waals surface area contributed by atoms with Crippen LogP contribution in [0.1, 0.15) is 52.6 Å². The van der Waals surface area contributed by atoms with Crippen LogP contribution in [-0.2, 0) is 17.6 Å². The minimum atomic E-state index is -1.90. The van der Waals surface area contributed by atoms with Crippen LogP contribution in [0.3, 0.4) is 0 Å². The summed E-state index contributed by atoms with van der Waals surface area (Å²) in [6.45, 7) is 12.9. The Morgan fingerprint density at radius 2 is 1.11 bits per heavy atom. The largest absolute Gasteiger partial charge is 0.505 e. The van der Waals surface area contributed by atoms with E-state index in [4.69, 9.17) is 60.3 Å². The summed E-state index contributed by atoms with van der Waals surface area (Å²) < 4.78 is 17.6. The standard InChI is InChI=1S/C22H27Cl2NO4Si.C16H13Cl2NO4/c1-22(2,3)30(4,5)29-13-14-6-7-19-18(10-14)25(8-9-28-19)21(27)15-11-16(23)20(26)17(24)12-15;17-11-6-10(7-12(18)15(11)21)16(22)19-3-4-23-14-2-1-9(8-20)5-13(14)19/h6-7,10-12,26H,8-9,13H2,1-5H3;1-2,5-7,20-21H,3-4,8H2. The molecule has 0 bridgehead atoms. The summed E-state index contributed by atoms with van der Waals surface area (Å²) in [5.41, 5.74) is 3.48. The van der Waals surface area contributed by atoms with Gasteiger partial charge in [-0.25, -0.2) is 0 Å². The Morgan fingerprint density at radius 3 is 1.51 bits per heavy atom. The maximum Gasteiger partial charge on any atom is 0.258 e. The second-order valence-electron chi connectivity index (χ2n) is 14.0. The van der Waals surface area contributed by atoms with E-state index in [0.29, 0.717) is 66.9 Å². The molecular formula is C38H40Cl4N2O8Si. The quantitative estimate of drug-likeness (QED) is 0.164. The molecule has 0 fully saturated rings. The number of aliphatic hydroxyl groups is 1. The zero-order valence-electron chi connectivity index (χ0n) is 29.8. The molecule has 0 atom stereocenters. The minimum Gasteiger partial charge on any atom is -0.505 e. The van der Waals surface area contributed by atoms with Gasteiger partial charge in [0.05, 0.1) is 57.8 Å². The third-order valence-corrected chi connectivity index (χ3v) is 15.0. The van der Waals surface area contributed by atoms with Crippen molar-refractivity contribution in [3.8, 4) is 23.0 Å². The number of hydrogen-bond acceptors (Lipinski definition) is 8. The molecule has 2 aliphatic heterocycles.